The zero-order valence-electron chi connectivity index (χ0n) is 18.5. The van der Waals surface area contributed by atoms with E-state index in [0.29, 0.717) is 18.7 Å². The molecule has 7 nitrogen and oxygen atoms in total. The van der Waals surface area contributed by atoms with Crippen molar-refractivity contribution in [1.82, 2.24) is 10.2 Å². The van der Waals surface area contributed by atoms with Gasteiger partial charge in [0.15, 0.2) is 0 Å². The first kappa shape index (κ1) is 22.7. The van der Waals surface area contributed by atoms with E-state index in [-0.39, 0.29) is 33.5 Å². The van der Waals surface area contributed by atoms with Crippen molar-refractivity contribution in [3.63, 3.8) is 0 Å². The van der Waals surface area contributed by atoms with Crippen LogP contribution in [0, 0.1) is 0 Å². The van der Waals surface area contributed by atoms with Gasteiger partial charge in [0.25, 0.3) is 11.8 Å². The molecule has 0 saturated heterocycles. The van der Waals surface area contributed by atoms with Crippen molar-refractivity contribution in [3.05, 3.63) is 89.5 Å². The number of carbonyl (C=O) groups excluding carboxylic acids is 2. The molecule has 0 unspecified atom stereocenters. The molecule has 0 saturated carbocycles. The van der Waals surface area contributed by atoms with Gasteiger partial charge in [-0.25, -0.2) is 8.42 Å². The Morgan fingerprint density at radius 1 is 0.939 bits per heavy atom. The Balaban J connectivity index is 1.83. The lowest BCUT2D eigenvalue weighted by Gasteiger charge is -2.23. The molecule has 170 valence electrons. The van der Waals surface area contributed by atoms with E-state index >= 15 is 0 Å². The van der Waals surface area contributed by atoms with Gasteiger partial charge in [-0.1, -0.05) is 42.5 Å². The van der Waals surface area contributed by atoms with Crippen LogP contribution in [0.2, 0.25) is 0 Å². The highest BCUT2D eigenvalue weighted by atomic mass is 32.2. The summed E-state index contributed by atoms with van der Waals surface area (Å²) in [4.78, 5) is 29.7. The summed E-state index contributed by atoms with van der Waals surface area (Å²) in [7, 11) is -0.154. The molecule has 1 heterocycles. The lowest BCUT2D eigenvalue weighted by atomic mass is 10.1. The fourth-order valence-electron chi connectivity index (χ4n) is 3.77. The van der Waals surface area contributed by atoms with Gasteiger partial charge in [-0.15, -0.1) is 0 Å². The van der Waals surface area contributed by atoms with E-state index in [0.717, 1.165) is 5.56 Å². The SMILES string of the molecule is CN(C)CCNC(=O)c1ccc2c(c1)N(Cc1ccccc1)C(=O)c1ccccc1S2(=O)=O. The molecule has 0 fully saturated rings. The van der Waals surface area contributed by atoms with Crippen LogP contribution in [0.4, 0.5) is 5.69 Å². The second kappa shape index (κ2) is 9.17. The van der Waals surface area contributed by atoms with Crippen LogP contribution >= 0.6 is 0 Å². The van der Waals surface area contributed by atoms with Crippen molar-refractivity contribution in [2.24, 2.45) is 0 Å². The summed E-state index contributed by atoms with van der Waals surface area (Å²) in [5.74, 6) is -0.757. The van der Waals surface area contributed by atoms with Gasteiger partial charge in [0.1, 0.15) is 0 Å². The first-order valence-corrected chi connectivity index (χ1v) is 12.0. The number of nitrogens with one attached hydrogen (secondary N) is 1. The summed E-state index contributed by atoms with van der Waals surface area (Å²) in [6.07, 6.45) is 0. The molecule has 33 heavy (non-hydrogen) atoms. The maximum atomic E-state index is 13.6. The quantitative estimate of drug-likeness (QED) is 0.607. The van der Waals surface area contributed by atoms with Crippen LogP contribution in [-0.4, -0.2) is 52.3 Å². The van der Waals surface area contributed by atoms with E-state index in [1.54, 1.807) is 12.1 Å². The monoisotopic (exact) mass is 463 g/mol. The summed E-state index contributed by atoms with van der Waals surface area (Å²) in [6, 6.07) is 19.9. The number of carbonyl (C=O) groups is 2. The summed E-state index contributed by atoms with van der Waals surface area (Å²) < 4.78 is 27.0. The van der Waals surface area contributed by atoms with Gasteiger partial charge >= 0.3 is 0 Å². The fraction of sp³-hybridized carbons (Fsp3) is 0.200. The maximum Gasteiger partial charge on any atom is 0.259 e. The van der Waals surface area contributed by atoms with Crippen LogP contribution in [0.1, 0.15) is 26.3 Å². The predicted octanol–water partition coefficient (Wildman–Crippen LogP) is 2.97. The fourth-order valence-corrected chi connectivity index (χ4v) is 5.40. The summed E-state index contributed by atoms with van der Waals surface area (Å²) >= 11 is 0. The van der Waals surface area contributed by atoms with Crippen LogP contribution in [0.5, 0.6) is 0 Å². The zero-order valence-corrected chi connectivity index (χ0v) is 19.3. The summed E-state index contributed by atoms with van der Waals surface area (Å²) in [5, 5.41) is 2.83. The molecule has 0 radical (unpaired) electrons. The molecule has 2 amide bonds. The number of anilines is 1. The molecular weight excluding hydrogens is 438 g/mol. The number of nitrogens with zero attached hydrogens (tertiary/aromatic N) is 2. The third kappa shape index (κ3) is 4.53. The molecule has 1 aliphatic rings. The van der Waals surface area contributed by atoms with Crippen molar-refractivity contribution in [2.75, 3.05) is 32.1 Å². The van der Waals surface area contributed by atoms with Gasteiger partial charge in [-0.2, -0.15) is 0 Å². The molecule has 0 bridgehead atoms. The molecule has 0 spiro atoms. The van der Waals surface area contributed by atoms with Crippen molar-refractivity contribution in [3.8, 4) is 0 Å². The van der Waals surface area contributed by atoms with Crippen LogP contribution in [0.25, 0.3) is 0 Å². The number of amides is 2. The molecule has 3 aromatic carbocycles. The Morgan fingerprint density at radius 3 is 2.36 bits per heavy atom. The number of benzene rings is 3. The minimum Gasteiger partial charge on any atom is -0.351 e. The normalized spacial score (nSPS) is 14.4. The molecule has 8 heteroatoms. The van der Waals surface area contributed by atoms with Crippen molar-refractivity contribution >= 4 is 27.3 Å². The van der Waals surface area contributed by atoms with E-state index in [9.17, 15) is 18.0 Å². The Kier molecular flexibility index (Phi) is 6.31. The lowest BCUT2D eigenvalue weighted by molar-refractivity contribution is 0.0947. The largest absolute Gasteiger partial charge is 0.351 e. The average molecular weight is 464 g/mol. The van der Waals surface area contributed by atoms with Crippen LogP contribution < -0.4 is 10.2 Å². The van der Waals surface area contributed by atoms with E-state index in [4.69, 9.17) is 0 Å². The second-order valence-electron chi connectivity index (χ2n) is 8.12. The van der Waals surface area contributed by atoms with Crippen LogP contribution in [-0.2, 0) is 16.4 Å². The molecule has 0 aliphatic carbocycles. The van der Waals surface area contributed by atoms with E-state index in [1.807, 2.05) is 49.3 Å². The van der Waals surface area contributed by atoms with Gasteiger partial charge in [0, 0.05) is 18.7 Å². The highest BCUT2D eigenvalue weighted by Crippen LogP contribution is 2.38. The Hall–Kier alpha value is -3.49. The summed E-state index contributed by atoms with van der Waals surface area (Å²) in [5.41, 5.74) is 1.44. The van der Waals surface area contributed by atoms with Crippen molar-refractivity contribution < 1.29 is 18.0 Å². The molecular formula is C25H25N3O4S. The second-order valence-corrected chi connectivity index (χ2v) is 10.0. The van der Waals surface area contributed by atoms with Gasteiger partial charge in [-0.3, -0.25) is 9.59 Å². The number of sulfone groups is 1. The maximum absolute atomic E-state index is 13.6. The smallest absolute Gasteiger partial charge is 0.259 e. The van der Waals surface area contributed by atoms with Crippen LogP contribution in [0.15, 0.2) is 82.6 Å². The predicted molar refractivity (Wildman–Crippen MR) is 126 cm³/mol. The molecule has 0 atom stereocenters. The minimum absolute atomic E-state index is 0.00146. The van der Waals surface area contributed by atoms with Gasteiger partial charge < -0.3 is 15.1 Å². The zero-order chi connectivity index (χ0) is 23.6. The topological polar surface area (TPSA) is 86.8 Å². The van der Waals surface area contributed by atoms with Gasteiger partial charge in [0.2, 0.25) is 9.84 Å². The lowest BCUT2D eigenvalue weighted by Crippen LogP contribution is -2.32. The van der Waals surface area contributed by atoms with Crippen LogP contribution in [0.3, 0.4) is 0 Å². The van der Waals surface area contributed by atoms with Gasteiger partial charge in [0.05, 0.1) is 27.6 Å². The highest BCUT2D eigenvalue weighted by Gasteiger charge is 2.36. The first-order valence-electron chi connectivity index (χ1n) is 10.6. The first-order chi connectivity index (χ1) is 15.8. The molecule has 1 aliphatic heterocycles. The molecule has 3 aromatic rings. The number of hydrogen-bond acceptors (Lipinski definition) is 5. The standard InChI is InChI=1S/C25H25N3O4S/c1-27(2)15-14-26-24(29)19-12-13-23-21(16-19)28(17-18-8-4-3-5-9-18)25(30)20-10-6-7-11-22(20)33(23,31)32/h3-13,16H,14-15,17H2,1-2H3,(H,26,29). The number of likely N-dealkylation sites (N-methyl/N-ethyl adjacent to an activating group) is 1. The molecule has 0 aromatic heterocycles. The highest BCUT2D eigenvalue weighted by molar-refractivity contribution is 7.91. The number of hydrogen-bond donors (Lipinski definition) is 1. The average Bonchev–Trinajstić information content (AvgIpc) is 2.87. The third-order valence-corrected chi connectivity index (χ3v) is 7.34. The van der Waals surface area contributed by atoms with E-state index in [2.05, 4.69) is 5.32 Å². The van der Waals surface area contributed by atoms with Crippen molar-refractivity contribution in [2.45, 2.75) is 16.3 Å². The number of fused-ring (bicyclic) bond motifs is 2. The van der Waals surface area contributed by atoms with Crippen molar-refractivity contribution in [1.29, 1.82) is 0 Å². The Bertz CT molecular complexity index is 1300. The third-order valence-electron chi connectivity index (χ3n) is 5.48. The van der Waals surface area contributed by atoms with E-state index < -0.39 is 15.7 Å². The Morgan fingerprint density at radius 2 is 1.64 bits per heavy atom. The summed E-state index contributed by atoms with van der Waals surface area (Å²) in [6.45, 7) is 1.28. The molecule has 1 N–H and O–H groups in total. The molecule has 4 rings (SSSR count). The Labute approximate surface area is 193 Å². The van der Waals surface area contributed by atoms with E-state index in [1.165, 1.54) is 35.2 Å². The van der Waals surface area contributed by atoms with Gasteiger partial charge in [-0.05, 0) is 50.0 Å². The number of rotatable bonds is 6. The minimum atomic E-state index is -3.97.